The van der Waals surface area contributed by atoms with E-state index in [0.29, 0.717) is 32.0 Å². The zero-order valence-corrected chi connectivity index (χ0v) is 27.0. The van der Waals surface area contributed by atoms with Crippen molar-refractivity contribution in [2.45, 2.75) is 63.4 Å². The Morgan fingerprint density at radius 1 is 0.458 bits per heavy atom. The Morgan fingerprint density at radius 3 is 1.29 bits per heavy atom. The van der Waals surface area contributed by atoms with Crippen LogP contribution < -0.4 is 0 Å². The van der Waals surface area contributed by atoms with E-state index in [1.807, 2.05) is 152 Å². The zero-order valence-electron chi connectivity index (χ0n) is 27.0. The van der Waals surface area contributed by atoms with Crippen molar-refractivity contribution in [2.24, 2.45) is 0 Å². The molecule has 0 spiro atoms. The molecule has 5 atom stereocenters. The number of carbonyl (C=O) groups is 1. The Hall–Kier alpha value is -4.43. The van der Waals surface area contributed by atoms with Crippen molar-refractivity contribution in [2.75, 3.05) is 6.61 Å². The third-order valence-electron chi connectivity index (χ3n) is 8.46. The van der Waals surface area contributed by atoms with Crippen molar-refractivity contribution < 1.29 is 28.5 Å². The van der Waals surface area contributed by atoms with Crippen molar-refractivity contribution in [3.63, 3.8) is 0 Å². The maximum Gasteiger partial charge on any atom is 0.165 e. The van der Waals surface area contributed by atoms with Gasteiger partial charge in [-0.05, 0) is 22.3 Å². The Balaban J connectivity index is 1.32. The van der Waals surface area contributed by atoms with Crippen LogP contribution in [0.5, 0.6) is 0 Å². The van der Waals surface area contributed by atoms with Crippen LogP contribution in [-0.2, 0) is 50.1 Å². The molecule has 0 saturated carbocycles. The average Bonchev–Trinajstić information content (AvgIpc) is 3.15. The predicted molar refractivity (Wildman–Crippen MR) is 185 cm³/mol. The minimum absolute atomic E-state index is 0.0247. The van der Waals surface area contributed by atoms with Crippen LogP contribution in [0.3, 0.4) is 0 Å². The number of hydrogen-bond acceptors (Lipinski definition) is 6. The highest BCUT2D eigenvalue weighted by Gasteiger charge is 2.49. The molecule has 0 aliphatic carbocycles. The topological polar surface area (TPSA) is 63.2 Å². The van der Waals surface area contributed by atoms with Crippen molar-refractivity contribution in [1.29, 1.82) is 0 Å². The van der Waals surface area contributed by atoms with Gasteiger partial charge in [0.05, 0.1) is 39.1 Å². The molecule has 1 fully saturated rings. The first-order chi connectivity index (χ1) is 23.7. The Labute approximate surface area is 283 Å². The molecule has 5 aromatic carbocycles. The maximum absolute atomic E-state index is 13.7. The van der Waals surface area contributed by atoms with Crippen LogP contribution in [-0.4, -0.2) is 42.9 Å². The molecule has 1 heterocycles. The van der Waals surface area contributed by atoms with E-state index in [2.05, 4.69) is 0 Å². The number of rotatable bonds is 16. The molecule has 1 aliphatic rings. The van der Waals surface area contributed by atoms with Gasteiger partial charge in [-0.15, -0.1) is 0 Å². The van der Waals surface area contributed by atoms with Gasteiger partial charge in [0.2, 0.25) is 0 Å². The molecule has 246 valence electrons. The first-order valence-electron chi connectivity index (χ1n) is 16.5. The highest BCUT2D eigenvalue weighted by molar-refractivity contribution is 5.96. The molecule has 2 unspecified atom stereocenters. The molecule has 48 heavy (non-hydrogen) atoms. The summed E-state index contributed by atoms with van der Waals surface area (Å²) < 4.78 is 33.3. The lowest BCUT2D eigenvalue weighted by atomic mass is 9.90. The number of benzene rings is 5. The summed E-state index contributed by atoms with van der Waals surface area (Å²) >= 11 is 0. The van der Waals surface area contributed by atoms with Gasteiger partial charge in [0, 0.05) is 12.0 Å². The Morgan fingerprint density at radius 2 is 0.833 bits per heavy atom. The lowest BCUT2D eigenvalue weighted by Gasteiger charge is -2.46. The van der Waals surface area contributed by atoms with Crippen LogP contribution in [0.1, 0.15) is 39.0 Å². The van der Waals surface area contributed by atoms with Crippen molar-refractivity contribution >= 4 is 5.78 Å². The zero-order chi connectivity index (χ0) is 32.8. The van der Waals surface area contributed by atoms with Gasteiger partial charge in [0.1, 0.15) is 24.4 Å². The Kier molecular flexibility index (Phi) is 12.3. The average molecular weight is 643 g/mol. The third kappa shape index (κ3) is 9.57. The molecule has 5 aromatic rings. The van der Waals surface area contributed by atoms with Gasteiger partial charge in [-0.3, -0.25) is 4.79 Å². The maximum atomic E-state index is 13.7. The quantitative estimate of drug-likeness (QED) is 0.102. The highest BCUT2D eigenvalue weighted by atomic mass is 16.6. The lowest BCUT2D eigenvalue weighted by molar-refractivity contribution is -0.271. The second-order valence-electron chi connectivity index (χ2n) is 12.0. The minimum Gasteiger partial charge on any atom is -0.374 e. The van der Waals surface area contributed by atoms with Gasteiger partial charge in [-0.25, -0.2) is 0 Å². The summed E-state index contributed by atoms with van der Waals surface area (Å²) in [5.74, 6) is -0.0247. The summed E-state index contributed by atoms with van der Waals surface area (Å²) in [6.07, 6.45) is -2.73. The first kappa shape index (κ1) is 33.5. The summed E-state index contributed by atoms with van der Waals surface area (Å²) in [6.45, 7) is 1.70. The van der Waals surface area contributed by atoms with Gasteiger partial charge in [-0.2, -0.15) is 0 Å². The van der Waals surface area contributed by atoms with E-state index in [9.17, 15) is 4.79 Å². The van der Waals surface area contributed by atoms with E-state index in [1.54, 1.807) is 0 Å². The fourth-order valence-electron chi connectivity index (χ4n) is 5.97. The molecule has 6 heteroatoms. The van der Waals surface area contributed by atoms with E-state index in [0.717, 1.165) is 22.3 Å². The number of ether oxygens (including phenoxy) is 5. The molecular formula is C42H42O6. The molecule has 0 amide bonds. The standard InChI is InChI=1S/C42H42O6/c43-37(36-24-14-5-15-25-36)26-38-40(45-28-33-18-8-2-9-19-33)42(47-30-35-22-12-4-13-23-35)41(46-29-34-20-10-3-11-21-34)39(48-38)31-44-27-32-16-6-1-7-17-32/h1-25,38-42H,26-31H2/t38-,39?,40?,41+,42+/m0/s1. The summed E-state index contributed by atoms with van der Waals surface area (Å²) in [5, 5.41) is 0. The smallest absolute Gasteiger partial charge is 0.165 e. The largest absolute Gasteiger partial charge is 0.374 e. The second-order valence-corrected chi connectivity index (χ2v) is 12.0. The van der Waals surface area contributed by atoms with Gasteiger partial charge < -0.3 is 23.7 Å². The van der Waals surface area contributed by atoms with Crippen LogP contribution in [0.4, 0.5) is 0 Å². The van der Waals surface area contributed by atoms with E-state index < -0.39 is 30.5 Å². The Bertz CT molecular complexity index is 1630. The summed E-state index contributed by atoms with van der Waals surface area (Å²) in [7, 11) is 0. The first-order valence-corrected chi connectivity index (χ1v) is 16.5. The number of Topliss-reactive ketones (excluding diaryl/α,β-unsaturated/α-hetero) is 1. The monoisotopic (exact) mass is 642 g/mol. The fraction of sp³-hybridized carbons (Fsp3) is 0.262. The molecule has 0 radical (unpaired) electrons. The van der Waals surface area contributed by atoms with Gasteiger partial charge in [0.25, 0.3) is 0 Å². The molecule has 0 N–H and O–H groups in total. The van der Waals surface area contributed by atoms with Gasteiger partial charge in [0.15, 0.2) is 5.78 Å². The number of hydrogen-bond donors (Lipinski definition) is 0. The SMILES string of the molecule is O=C(C[C@@H]1OC(COCc2ccccc2)[C@@H](OCc2ccccc2)[C@H](OCc2ccccc2)C1OCc1ccccc1)c1ccccc1. The van der Waals surface area contributed by atoms with Crippen molar-refractivity contribution in [3.05, 3.63) is 179 Å². The molecule has 0 aromatic heterocycles. The van der Waals surface area contributed by atoms with Crippen LogP contribution in [0.2, 0.25) is 0 Å². The van der Waals surface area contributed by atoms with Crippen molar-refractivity contribution in [3.8, 4) is 0 Å². The van der Waals surface area contributed by atoms with E-state index in [4.69, 9.17) is 23.7 Å². The van der Waals surface area contributed by atoms with E-state index >= 15 is 0 Å². The van der Waals surface area contributed by atoms with E-state index in [1.165, 1.54) is 0 Å². The fourth-order valence-corrected chi connectivity index (χ4v) is 5.97. The minimum atomic E-state index is -0.607. The van der Waals surface area contributed by atoms with Crippen LogP contribution >= 0.6 is 0 Å². The van der Waals surface area contributed by atoms with Crippen LogP contribution in [0, 0.1) is 0 Å². The number of carbonyl (C=O) groups excluding carboxylic acids is 1. The highest BCUT2D eigenvalue weighted by Crippen LogP contribution is 2.33. The van der Waals surface area contributed by atoms with E-state index in [-0.39, 0.29) is 18.8 Å². The summed E-state index contributed by atoms with van der Waals surface area (Å²) in [4.78, 5) is 13.7. The van der Waals surface area contributed by atoms with Crippen molar-refractivity contribution in [1.82, 2.24) is 0 Å². The van der Waals surface area contributed by atoms with Gasteiger partial charge in [-0.1, -0.05) is 152 Å². The summed E-state index contributed by atoms with van der Waals surface area (Å²) in [5.41, 5.74) is 4.77. The third-order valence-corrected chi connectivity index (χ3v) is 8.46. The van der Waals surface area contributed by atoms with Crippen LogP contribution in [0.15, 0.2) is 152 Å². The predicted octanol–water partition coefficient (Wildman–Crippen LogP) is 8.00. The molecular weight excluding hydrogens is 600 g/mol. The van der Waals surface area contributed by atoms with Gasteiger partial charge >= 0.3 is 0 Å². The molecule has 1 aliphatic heterocycles. The number of ketones is 1. The molecule has 0 bridgehead atoms. The second kappa shape index (κ2) is 17.6. The normalized spacial score (nSPS) is 20.7. The summed E-state index contributed by atoms with van der Waals surface area (Å²) in [6, 6.07) is 49.5. The van der Waals surface area contributed by atoms with Crippen LogP contribution in [0.25, 0.3) is 0 Å². The molecule has 6 nitrogen and oxygen atoms in total. The lowest BCUT2D eigenvalue weighted by Crippen LogP contribution is -2.61. The molecule has 1 saturated heterocycles. The molecule has 6 rings (SSSR count).